The number of rotatable bonds is 5. The normalized spacial score (nSPS) is 39.2. The molecule has 1 N–H and O–H groups in total. The molecule has 0 spiro atoms. The van der Waals surface area contributed by atoms with Gasteiger partial charge in [-0.2, -0.15) is 5.26 Å². The van der Waals surface area contributed by atoms with Gasteiger partial charge in [-0.25, -0.2) is 0 Å². The molecule has 0 saturated heterocycles. The molecular weight excluding hydrogens is 322 g/mol. The molecule has 146 valence electrons. The quantitative estimate of drug-likeness (QED) is 0.637. The molecule has 3 rings (SSSR count). The molecule has 0 unspecified atom stereocenters. The second-order valence-electron chi connectivity index (χ2n) is 9.44. The maximum absolute atomic E-state index is 11.4. The molecule has 0 bridgehead atoms. The van der Waals surface area contributed by atoms with Crippen LogP contribution in [0.5, 0.6) is 0 Å². The number of hydrogen-bond acceptors (Lipinski definition) is 2. The molecule has 0 aromatic carbocycles. The molecule has 0 radical (unpaired) electrons. The maximum atomic E-state index is 11.4. The molecule has 3 aliphatic rings. The second-order valence-corrected chi connectivity index (χ2v) is 9.44. The van der Waals surface area contributed by atoms with E-state index in [1.54, 1.807) is 0 Å². The van der Waals surface area contributed by atoms with Crippen LogP contribution >= 0.6 is 0 Å². The molecule has 0 aromatic heterocycles. The van der Waals surface area contributed by atoms with E-state index in [1.165, 1.54) is 57.8 Å². The van der Waals surface area contributed by atoms with E-state index >= 15 is 0 Å². The van der Waals surface area contributed by atoms with Crippen molar-refractivity contribution in [1.82, 2.24) is 0 Å². The lowest BCUT2D eigenvalue weighted by molar-refractivity contribution is -0.144. The summed E-state index contributed by atoms with van der Waals surface area (Å²) >= 11 is 0. The van der Waals surface area contributed by atoms with Crippen LogP contribution in [0.2, 0.25) is 0 Å². The molecule has 3 aliphatic carbocycles. The summed E-state index contributed by atoms with van der Waals surface area (Å²) in [6, 6.07) is 2.80. The minimum atomic E-state index is -0.612. The van der Waals surface area contributed by atoms with Crippen LogP contribution in [0.15, 0.2) is 0 Å². The van der Waals surface area contributed by atoms with E-state index in [4.69, 9.17) is 0 Å². The lowest BCUT2D eigenvalue weighted by atomic mass is 9.48. The minimum Gasteiger partial charge on any atom is -0.481 e. The third-order valence-corrected chi connectivity index (χ3v) is 8.26. The zero-order valence-corrected chi connectivity index (χ0v) is 16.6. The Morgan fingerprint density at radius 3 is 2.27 bits per heavy atom. The summed E-state index contributed by atoms with van der Waals surface area (Å²) in [6.07, 6.45) is 16.4. The van der Waals surface area contributed by atoms with Crippen LogP contribution in [0.3, 0.4) is 0 Å². The maximum Gasteiger partial charge on any atom is 0.306 e. The van der Waals surface area contributed by atoms with Crippen molar-refractivity contribution in [3.8, 4) is 6.07 Å². The SMILES string of the molecule is CCC[C@@H]1CC[C@](C2CCCCC2)(C2CCC(C(=O)O)CC2)[C@H](C#N)C1. The zero-order chi connectivity index (χ0) is 18.6. The first-order valence-corrected chi connectivity index (χ1v) is 11.2. The highest BCUT2D eigenvalue weighted by Gasteiger charge is 2.53. The van der Waals surface area contributed by atoms with Gasteiger partial charge in [0.05, 0.1) is 17.9 Å². The number of aliphatic carboxylic acids is 1. The largest absolute Gasteiger partial charge is 0.481 e. The van der Waals surface area contributed by atoms with Crippen molar-refractivity contribution in [1.29, 1.82) is 5.26 Å². The van der Waals surface area contributed by atoms with E-state index in [2.05, 4.69) is 13.0 Å². The van der Waals surface area contributed by atoms with Crippen LogP contribution in [-0.4, -0.2) is 11.1 Å². The fourth-order valence-electron chi connectivity index (χ4n) is 6.97. The fraction of sp³-hybridized carbons (Fsp3) is 0.913. The molecule has 26 heavy (non-hydrogen) atoms. The molecular formula is C23H37NO2. The molecule has 0 heterocycles. The molecule has 3 atom stereocenters. The van der Waals surface area contributed by atoms with E-state index in [0.29, 0.717) is 11.8 Å². The van der Waals surface area contributed by atoms with Crippen molar-refractivity contribution in [2.45, 2.75) is 96.8 Å². The second kappa shape index (κ2) is 8.77. The van der Waals surface area contributed by atoms with Crippen LogP contribution < -0.4 is 0 Å². The van der Waals surface area contributed by atoms with Gasteiger partial charge in [-0.3, -0.25) is 4.79 Å². The van der Waals surface area contributed by atoms with Gasteiger partial charge in [0.1, 0.15) is 0 Å². The van der Waals surface area contributed by atoms with E-state index in [-0.39, 0.29) is 17.3 Å². The molecule has 3 nitrogen and oxygen atoms in total. The number of nitrogens with zero attached hydrogens (tertiary/aromatic N) is 1. The molecule has 3 heteroatoms. The Labute approximate surface area is 159 Å². The number of hydrogen-bond donors (Lipinski definition) is 1. The number of carbonyl (C=O) groups is 1. The summed E-state index contributed by atoms with van der Waals surface area (Å²) < 4.78 is 0. The first-order valence-electron chi connectivity index (χ1n) is 11.2. The standard InChI is InChI=1S/C23H37NO2/c1-2-6-17-13-14-23(21(15-17)16-24,19-7-4-3-5-8-19)20-11-9-18(10-12-20)22(25)26/h17-21H,2-15H2,1H3,(H,25,26)/t17-,18?,20?,21+,23+/m1/s1. The van der Waals surface area contributed by atoms with E-state index in [0.717, 1.165) is 38.0 Å². The predicted octanol–water partition coefficient (Wildman–Crippen LogP) is 6.18. The zero-order valence-electron chi connectivity index (χ0n) is 16.6. The summed E-state index contributed by atoms with van der Waals surface area (Å²) in [4.78, 5) is 11.4. The third kappa shape index (κ3) is 3.80. The van der Waals surface area contributed by atoms with Gasteiger partial charge in [0.2, 0.25) is 0 Å². The van der Waals surface area contributed by atoms with Gasteiger partial charge in [0.25, 0.3) is 0 Å². The van der Waals surface area contributed by atoms with E-state index in [9.17, 15) is 15.2 Å². The Balaban J connectivity index is 1.83. The van der Waals surface area contributed by atoms with E-state index in [1.807, 2.05) is 0 Å². The first kappa shape index (κ1) is 19.7. The first-order chi connectivity index (χ1) is 12.6. The van der Waals surface area contributed by atoms with Gasteiger partial charge in [0, 0.05) is 0 Å². The van der Waals surface area contributed by atoms with Gasteiger partial charge >= 0.3 is 5.97 Å². The molecule has 0 aromatic rings. The predicted molar refractivity (Wildman–Crippen MR) is 103 cm³/mol. The van der Waals surface area contributed by atoms with Gasteiger partial charge in [-0.05, 0) is 81.0 Å². The Morgan fingerprint density at radius 2 is 1.69 bits per heavy atom. The third-order valence-electron chi connectivity index (χ3n) is 8.26. The smallest absolute Gasteiger partial charge is 0.306 e. The molecule has 0 aliphatic heterocycles. The Morgan fingerprint density at radius 1 is 1.04 bits per heavy atom. The van der Waals surface area contributed by atoms with Gasteiger partial charge < -0.3 is 5.11 Å². The highest BCUT2D eigenvalue weighted by atomic mass is 16.4. The number of nitriles is 1. The summed E-state index contributed by atoms with van der Waals surface area (Å²) in [7, 11) is 0. The molecule has 0 amide bonds. The van der Waals surface area contributed by atoms with Crippen LogP contribution in [-0.2, 0) is 4.79 Å². The van der Waals surface area contributed by atoms with Crippen molar-refractivity contribution in [3.05, 3.63) is 0 Å². The topological polar surface area (TPSA) is 61.1 Å². The average molecular weight is 360 g/mol. The van der Waals surface area contributed by atoms with Crippen LogP contribution in [0.1, 0.15) is 96.8 Å². The van der Waals surface area contributed by atoms with Crippen molar-refractivity contribution in [2.24, 2.45) is 35.0 Å². The number of carboxylic acid groups (broad SMARTS) is 1. The van der Waals surface area contributed by atoms with Gasteiger partial charge in [0.15, 0.2) is 0 Å². The van der Waals surface area contributed by atoms with Crippen LogP contribution in [0.25, 0.3) is 0 Å². The lowest BCUT2D eigenvalue weighted by Crippen LogP contribution is -2.49. The lowest BCUT2D eigenvalue weighted by Gasteiger charge is -2.55. The monoisotopic (exact) mass is 359 g/mol. The van der Waals surface area contributed by atoms with Gasteiger partial charge in [-0.15, -0.1) is 0 Å². The highest BCUT2D eigenvalue weighted by molar-refractivity contribution is 5.70. The van der Waals surface area contributed by atoms with Gasteiger partial charge in [-0.1, -0.05) is 39.0 Å². The van der Waals surface area contributed by atoms with E-state index < -0.39 is 5.97 Å². The van der Waals surface area contributed by atoms with Crippen molar-refractivity contribution >= 4 is 5.97 Å². The molecule has 3 fully saturated rings. The minimum absolute atomic E-state index is 0.147. The highest BCUT2D eigenvalue weighted by Crippen LogP contribution is 2.60. The summed E-state index contributed by atoms with van der Waals surface area (Å²) in [5.41, 5.74) is 0.183. The Kier molecular flexibility index (Phi) is 6.65. The fourth-order valence-corrected chi connectivity index (χ4v) is 6.97. The summed E-state index contributed by atoms with van der Waals surface area (Å²) in [6.45, 7) is 2.26. The average Bonchev–Trinajstić information content (AvgIpc) is 2.69. The van der Waals surface area contributed by atoms with Crippen LogP contribution in [0.4, 0.5) is 0 Å². The Hall–Kier alpha value is -1.04. The van der Waals surface area contributed by atoms with Crippen molar-refractivity contribution in [2.75, 3.05) is 0 Å². The Bertz CT molecular complexity index is 511. The van der Waals surface area contributed by atoms with Crippen LogP contribution in [0, 0.1) is 46.3 Å². The summed E-state index contributed by atoms with van der Waals surface area (Å²) in [5, 5.41) is 19.6. The van der Waals surface area contributed by atoms with Crippen molar-refractivity contribution in [3.63, 3.8) is 0 Å². The van der Waals surface area contributed by atoms with Crippen molar-refractivity contribution < 1.29 is 9.90 Å². The number of carboxylic acids is 1. The summed E-state index contributed by atoms with van der Waals surface area (Å²) in [5.74, 6) is 1.45. The molecule has 3 saturated carbocycles.